The van der Waals surface area contributed by atoms with Crippen molar-refractivity contribution in [1.29, 1.82) is 0 Å². The monoisotopic (exact) mass is 316 g/mol. The molecule has 2 aromatic rings. The molecule has 1 aromatic heterocycles. The van der Waals surface area contributed by atoms with E-state index in [1.165, 1.54) is 11.1 Å². The number of hydrogen-bond acceptors (Lipinski definition) is 3. The molecule has 118 valence electrons. The average Bonchev–Trinajstić information content (AvgIpc) is 2.90. The van der Waals surface area contributed by atoms with E-state index in [1.807, 2.05) is 21.0 Å². The van der Waals surface area contributed by atoms with Crippen molar-refractivity contribution >= 4 is 17.3 Å². The Morgan fingerprint density at radius 3 is 2.73 bits per heavy atom. The largest absolute Gasteiger partial charge is 0.356 e. The van der Waals surface area contributed by atoms with Gasteiger partial charge in [-0.05, 0) is 31.4 Å². The Hall–Kier alpha value is -1.88. The number of thiazole rings is 1. The van der Waals surface area contributed by atoms with Crippen molar-refractivity contribution in [3.8, 4) is 0 Å². The highest BCUT2D eigenvalue weighted by molar-refractivity contribution is 7.09. The summed E-state index contributed by atoms with van der Waals surface area (Å²) >= 11 is 1.68. The van der Waals surface area contributed by atoms with Gasteiger partial charge in [-0.15, -0.1) is 11.3 Å². The lowest BCUT2D eigenvalue weighted by atomic mass is 10.1. The minimum atomic E-state index is 0.772. The van der Waals surface area contributed by atoms with Gasteiger partial charge in [0.05, 0.1) is 17.2 Å². The molecule has 0 bridgehead atoms. The first kappa shape index (κ1) is 16.5. The maximum absolute atomic E-state index is 4.50. The first-order valence-electron chi connectivity index (χ1n) is 7.47. The van der Waals surface area contributed by atoms with Crippen molar-refractivity contribution in [2.45, 2.75) is 26.8 Å². The number of rotatable bonds is 5. The van der Waals surface area contributed by atoms with Crippen molar-refractivity contribution in [2.75, 3.05) is 20.6 Å². The summed E-state index contributed by atoms with van der Waals surface area (Å²) in [6.45, 7) is 5.83. The number of aryl methyl sites for hydroxylation is 2. The minimum Gasteiger partial charge on any atom is -0.356 e. The molecule has 1 N–H and O–H groups in total. The van der Waals surface area contributed by atoms with Crippen LogP contribution >= 0.6 is 11.3 Å². The molecular formula is C17H24N4S. The number of guanidine groups is 1. The Labute approximate surface area is 136 Å². The highest BCUT2D eigenvalue weighted by atomic mass is 32.1. The Morgan fingerprint density at radius 2 is 2.09 bits per heavy atom. The zero-order chi connectivity index (χ0) is 15.9. The van der Waals surface area contributed by atoms with Crippen LogP contribution in [0.5, 0.6) is 0 Å². The highest BCUT2D eigenvalue weighted by Gasteiger charge is 2.08. The lowest BCUT2D eigenvalue weighted by Crippen LogP contribution is -2.39. The Morgan fingerprint density at radius 1 is 1.32 bits per heavy atom. The number of nitrogens with one attached hydrogen (secondary N) is 1. The number of aliphatic imine (C=N–C) groups is 1. The molecule has 0 fully saturated rings. The van der Waals surface area contributed by atoms with Gasteiger partial charge in [0.2, 0.25) is 0 Å². The third kappa shape index (κ3) is 4.56. The van der Waals surface area contributed by atoms with Gasteiger partial charge < -0.3 is 10.2 Å². The molecule has 0 saturated carbocycles. The molecule has 4 nitrogen and oxygen atoms in total. The van der Waals surface area contributed by atoms with Crippen LogP contribution in [0.25, 0.3) is 0 Å². The molecule has 1 heterocycles. The van der Waals surface area contributed by atoms with Crippen LogP contribution in [0.1, 0.15) is 21.8 Å². The first-order chi connectivity index (χ1) is 10.6. The second kappa shape index (κ2) is 7.94. The fraction of sp³-hybridized carbons (Fsp3) is 0.412. The topological polar surface area (TPSA) is 40.5 Å². The van der Waals surface area contributed by atoms with Crippen LogP contribution in [0.15, 0.2) is 34.6 Å². The number of benzene rings is 1. The molecule has 0 unspecified atom stereocenters. The van der Waals surface area contributed by atoms with Gasteiger partial charge in [0.25, 0.3) is 0 Å². The van der Waals surface area contributed by atoms with Crippen molar-refractivity contribution in [1.82, 2.24) is 15.2 Å². The van der Waals surface area contributed by atoms with Crippen molar-refractivity contribution in [2.24, 2.45) is 4.99 Å². The standard InChI is InChI=1S/C17H24N4S/c1-13-7-5-6-8-15(13)9-10-19-17(18-3)21(4)11-16-12-22-14(2)20-16/h5-8,12H,9-11H2,1-4H3,(H,18,19). The summed E-state index contributed by atoms with van der Waals surface area (Å²) in [7, 11) is 3.86. The van der Waals surface area contributed by atoms with Crippen molar-refractivity contribution < 1.29 is 0 Å². The Balaban J connectivity index is 1.85. The fourth-order valence-corrected chi connectivity index (χ4v) is 2.99. The number of aromatic nitrogens is 1. The summed E-state index contributed by atoms with van der Waals surface area (Å²) in [5.41, 5.74) is 3.81. The van der Waals surface area contributed by atoms with Gasteiger partial charge in [-0.3, -0.25) is 4.99 Å². The smallest absolute Gasteiger partial charge is 0.193 e. The van der Waals surface area contributed by atoms with Crippen LogP contribution in [0.4, 0.5) is 0 Å². The van der Waals surface area contributed by atoms with Gasteiger partial charge in [-0.25, -0.2) is 4.98 Å². The van der Waals surface area contributed by atoms with E-state index in [-0.39, 0.29) is 0 Å². The molecule has 0 radical (unpaired) electrons. The third-order valence-electron chi connectivity index (χ3n) is 3.58. The Kier molecular flexibility index (Phi) is 5.95. The lowest BCUT2D eigenvalue weighted by molar-refractivity contribution is 0.471. The quantitative estimate of drug-likeness (QED) is 0.681. The molecule has 0 atom stereocenters. The maximum atomic E-state index is 4.50. The van der Waals surface area contributed by atoms with Gasteiger partial charge in [-0.1, -0.05) is 24.3 Å². The normalized spacial score (nSPS) is 11.5. The van der Waals surface area contributed by atoms with Crippen LogP contribution in [-0.4, -0.2) is 36.5 Å². The fourth-order valence-electron chi connectivity index (χ4n) is 2.38. The summed E-state index contributed by atoms with van der Waals surface area (Å²) in [6.07, 6.45) is 0.995. The van der Waals surface area contributed by atoms with Gasteiger partial charge in [0, 0.05) is 26.0 Å². The molecule has 0 amide bonds. The third-order valence-corrected chi connectivity index (χ3v) is 4.40. The van der Waals surface area contributed by atoms with Gasteiger partial charge in [0.1, 0.15) is 0 Å². The molecule has 0 spiro atoms. The highest BCUT2D eigenvalue weighted by Crippen LogP contribution is 2.10. The van der Waals surface area contributed by atoms with Gasteiger partial charge in [0.15, 0.2) is 5.96 Å². The van der Waals surface area contributed by atoms with E-state index in [4.69, 9.17) is 0 Å². The van der Waals surface area contributed by atoms with Gasteiger partial charge in [-0.2, -0.15) is 0 Å². The summed E-state index contributed by atoms with van der Waals surface area (Å²) in [4.78, 5) is 11.0. The zero-order valence-corrected chi connectivity index (χ0v) is 14.6. The summed E-state index contributed by atoms with van der Waals surface area (Å²) in [5, 5.41) is 6.63. The number of nitrogens with zero attached hydrogens (tertiary/aromatic N) is 3. The van der Waals surface area contributed by atoms with E-state index in [2.05, 4.69) is 56.8 Å². The van der Waals surface area contributed by atoms with Crippen LogP contribution in [0.2, 0.25) is 0 Å². The molecule has 2 rings (SSSR count). The van der Waals surface area contributed by atoms with Crippen LogP contribution in [-0.2, 0) is 13.0 Å². The Bertz CT molecular complexity index is 633. The molecule has 0 aliphatic rings. The van der Waals surface area contributed by atoms with E-state index in [0.717, 1.165) is 36.2 Å². The summed E-state index contributed by atoms with van der Waals surface area (Å²) in [6, 6.07) is 8.51. The molecule has 22 heavy (non-hydrogen) atoms. The minimum absolute atomic E-state index is 0.772. The molecule has 0 aliphatic carbocycles. The second-order valence-corrected chi connectivity index (χ2v) is 6.43. The van der Waals surface area contributed by atoms with E-state index in [0.29, 0.717) is 0 Å². The van der Waals surface area contributed by atoms with E-state index in [9.17, 15) is 0 Å². The second-order valence-electron chi connectivity index (χ2n) is 5.36. The van der Waals surface area contributed by atoms with Crippen LogP contribution in [0, 0.1) is 13.8 Å². The van der Waals surface area contributed by atoms with Crippen LogP contribution < -0.4 is 5.32 Å². The van der Waals surface area contributed by atoms with Gasteiger partial charge >= 0.3 is 0 Å². The average molecular weight is 316 g/mol. The molecule has 1 aromatic carbocycles. The zero-order valence-electron chi connectivity index (χ0n) is 13.8. The van der Waals surface area contributed by atoms with Crippen molar-refractivity contribution in [3.05, 3.63) is 51.5 Å². The summed E-state index contributed by atoms with van der Waals surface area (Å²) < 4.78 is 0. The molecular weight excluding hydrogens is 292 g/mol. The number of hydrogen-bond donors (Lipinski definition) is 1. The van der Waals surface area contributed by atoms with E-state index >= 15 is 0 Å². The SMILES string of the molecule is CN=C(NCCc1ccccc1C)N(C)Cc1csc(C)n1. The molecule has 0 aliphatic heterocycles. The maximum Gasteiger partial charge on any atom is 0.193 e. The van der Waals surface area contributed by atoms with Crippen molar-refractivity contribution in [3.63, 3.8) is 0 Å². The molecule has 0 saturated heterocycles. The summed E-state index contributed by atoms with van der Waals surface area (Å²) in [5.74, 6) is 0.902. The lowest BCUT2D eigenvalue weighted by Gasteiger charge is -2.21. The predicted octanol–water partition coefficient (Wildman–Crippen LogP) is 3.01. The van der Waals surface area contributed by atoms with E-state index in [1.54, 1.807) is 11.3 Å². The first-order valence-corrected chi connectivity index (χ1v) is 8.35. The van der Waals surface area contributed by atoms with Crippen LogP contribution in [0.3, 0.4) is 0 Å². The predicted molar refractivity (Wildman–Crippen MR) is 94.6 cm³/mol. The van der Waals surface area contributed by atoms with E-state index < -0.39 is 0 Å². The molecule has 5 heteroatoms.